The van der Waals surface area contributed by atoms with Crippen LogP contribution in [0.15, 0.2) is 40.8 Å². The fourth-order valence-corrected chi connectivity index (χ4v) is 2.22. The molecule has 3 rings (SSSR count). The first-order valence-electron chi connectivity index (χ1n) is 6.92. The van der Waals surface area contributed by atoms with Crippen molar-refractivity contribution in [2.24, 2.45) is 0 Å². The van der Waals surface area contributed by atoms with Crippen LogP contribution in [0.25, 0.3) is 11.1 Å². The second-order valence-electron chi connectivity index (χ2n) is 4.82. The molecule has 0 saturated heterocycles. The van der Waals surface area contributed by atoms with E-state index in [1.165, 1.54) is 14.2 Å². The molecule has 6 nitrogen and oxygen atoms in total. The number of rotatable bonds is 4. The highest BCUT2D eigenvalue weighted by Gasteiger charge is 2.14. The largest absolute Gasteiger partial charge is 0.493 e. The van der Waals surface area contributed by atoms with E-state index in [0.29, 0.717) is 39.8 Å². The monoisotopic (exact) mass is 313 g/mol. The number of hydrogen-bond donors (Lipinski definition) is 0. The van der Waals surface area contributed by atoms with E-state index in [1.54, 1.807) is 43.3 Å². The van der Waals surface area contributed by atoms with Gasteiger partial charge in [-0.2, -0.15) is 0 Å². The SMILES string of the molecule is COc1ccc(C(=O)Oc2ccc3oc(C)nc3c2)cc1OC. The third kappa shape index (κ3) is 2.96. The van der Waals surface area contributed by atoms with Crippen molar-refractivity contribution >= 4 is 17.1 Å². The number of benzene rings is 2. The van der Waals surface area contributed by atoms with E-state index in [4.69, 9.17) is 18.6 Å². The van der Waals surface area contributed by atoms with Gasteiger partial charge in [-0.15, -0.1) is 0 Å². The maximum absolute atomic E-state index is 12.3. The molecule has 0 amide bonds. The van der Waals surface area contributed by atoms with Crippen LogP contribution in [0.1, 0.15) is 16.2 Å². The number of fused-ring (bicyclic) bond motifs is 1. The van der Waals surface area contributed by atoms with Gasteiger partial charge in [0.25, 0.3) is 0 Å². The third-order valence-electron chi connectivity index (χ3n) is 3.30. The highest BCUT2D eigenvalue weighted by molar-refractivity contribution is 5.92. The number of methoxy groups -OCH3 is 2. The number of aromatic nitrogens is 1. The zero-order chi connectivity index (χ0) is 16.4. The Hall–Kier alpha value is -3.02. The van der Waals surface area contributed by atoms with Gasteiger partial charge in [0.15, 0.2) is 23.0 Å². The topological polar surface area (TPSA) is 70.8 Å². The van der Waals surface area contributed by atoms with Crippen molar-refractivity contribution in [2.75, 3.05) is 14.2 Å². The molecule has 2 aromatic carbocycles. The first-order valence-corrected chi connectivity index (χ1v) is 6.92. The predicted octanol–water partition coefficient (Wildman–Crippen LogP) is 3.37. The number of ether oxygens (including phenoxy) is 3. The smallest absolute Gasteiger partial charge is 0.343 e. The number of aryl methyl sites for hydroxylation is 1. The number of carbonyl (C=O) groups is 1. The fraction of sp³-hybridized carbons (Fsp3) is 0.176. The molecule has 0 fully saturated rings. The van der Waals surface area contributed by atoms with Gasteiger partial charge in [0.1, 0.15) is 11.3 Å². The number of esters is 1. The van der Waals surface area contributed by atoms with Crippen molar-refractivity contribution in [3.63, 3.8) is 0 Å². The molecule has 0 radical (unpaired) electrons. The van der Waals surface area contributed by atoms with Gasteiger partial charge in [0, 0.05) is 13.0 Å². The van der Waals surface area contributed by atoms with Crippen molar-refractivity contribution in [1.29, 1.82) is 0 Å². The number of hydrogen-bond acceptors (Lipinski definition) is 6. The second kappa shape index (κ2) is 6.00. The maximum atomic E-state index is 12.3. The molecule has 3 aromatic rings. The summed E-state index contributed by atoms with van der Waals surface area (Å²) in [7, 11) is 3.04. The van der Waals surface area contributed by atoms with E-state index in [0.717, 1.165) is 0 Å². The molecule has 23 heavy (non-hydrogen) atoms. The Bertz CT molecular complexity index is 869. The molecule has 0 bridgehead atoms. The summed E-state index contributed by atoms with van der Waals surface area (Å²) in [6.07, 6.45) is 0. The molecule has 0 N–H and O–H groups in total. The van der Waals surface area contributed by atoms with Gasteiger partial charge in [-0.05, 0) is 30.3 Å². The van der Waals surface area contributed by atoms with Gasteiger partial charge in [-0.1, -0.05) is 0 Å². The molecule has 0 aliphatic rings. The summed E-state index contributed by atoms with van der Waals surface area (Å²) in [5.74, 6) is 1.47. The standard InChI is InChI=1S/C17H15NO5/c1-10-18-13-9-12(5-7-14(13)22-10)23-17(19)11-4-6-15(20-2)16(8-11)21-3/h4-9H,1-3H3. The van der Waals surface area contributed by atoms with Gasteiger partial charge in [0.2, 0.25) is 0 Å². The lowest BCUT2D eigenvalue weighted by Crippen LogP contribution is -2.08. The summed E-state index contributed by atoms with van der Waals surface area (Å²) < 4.78 is 21.1. The lowest BCUT2D eigenvalue weighted by molar-refractivity contribution is 0.0734. The first kappa shape index (κ1) is 14.9. The Kier molecular flexibility index (Phi) is 3.89. The highest BCUT2D eigenvalue weighted by Crippen LogP contribution is 2.28. The van der Waals surface area contributed by atoms with Crippen LogP contribution in [0.5, 0.6) is 17.2 Å². The molecular formula is C17H15NO5. The van der Waals surface area contributed by atoms with Crippen LogP contribution < -0.4 is 14.2 Å². The van der Waals surface area contributed by atoms with Crippen molar-refractivity contribution in [3.05, 3.63) is 47.9 Å². The minimum Gasteiger partial charge on any atom is -0.493 e. The summed E-state index contributed by atoms with van der Waals surface area (Å²) in [5.41, 5.74) is 1.65. The Morgan fingerprint density at radius 1 is 1.04 bits per heavy atom. The zero-order valence-electron chi connectivity index (χ0n) is 13.0. The molecule has 118 valence electrons. The lowest BCUT2D eigenvalue weighted by Gasteiger charge is -2.09. The lowest BCUT2D eigenvalue weighted by atomic mass is 10.2. The minimum atomic E-state index is -0.495. The van der Waals surface area contributed by atoms with Crippen LogP contribution in [-0.2, 0) is 0 Å². The number of nitrogens with zero attached hydrogens (tertiary/aromatic N) is 1. The molecule has 0 aliphatic heterocycles. The molecule has 1 heterocycles. The Labute approximate surface area is 132 Å². The number of oxazole rings is 1. The Morgan fingerprint density at radius 3 is 2.57 bits per heavy atom. The van der Waals surface area contributed by atoms with Crippen molar-refractivity contribution in [1.82, 2.24) is 4.98 Å². The van der Waals surface area contributed by atoms with Crippen molar-refractivity contribution in [2.45, 2.75) is 6.92 Å². The average Bonchev–Trinajstić information content (AvgIpc) is 2.93. The zero-order valence-corrected chi connectivity index (χ0v) is 13.0. The normalized spacial score (nSPS) is 10.6. The van der Waals surface area contributed by atoms with Crippen LogP contribution in [-0.4, -0.2) is 25.2 Å². The molecule has 0 spiro atoms. The molecular weight excluding hydrogens is 298 g/mol. The molecule has 0 saturated carbocycles. The van der Waals surface area contributed by atoms with Crippen molar-refractivity contribution in [3.8, 4) is 17.2 Å². The maximum Gasteiger partial charge on any atom is 0.343 e. The summed E-state index contributed by atoms with van der Waals surface area (Å²) in [5, 5.41) is 0. The molecule has 0 atom stereocenters. The van der Waals surface area contributed by atoms with Crippen molar-refractivity contribution < 1.29 is 23.4 Å². The summed E-state index contributed by atoms with van der Waals surface area (Å²) >= 11 is 0. The van der Waals surface area contributed by atoms with Crippen LogP contribution >= 0.6 is 0 Å². The molecule has 0 aliphatic carbocycles. The fourth-order valence-electron chi connectivity index (χ4n) is 2.22. The number of carbonyl (C=O) groups excluding carboxylic acids is 1. The first-order chi connectivity index (χ1) is 11.1. The van der Waals surface area contributed by atoms with Gasteiger partial charge in [-0.25, -0.2) is 9.78 Å². The van der Waals surface area contributed by atoms with Crippen LogP contribution in [0, 0.1) is 6.92 Å². The highest BCUT2D eigenvalue weighted by atomic mass is 16.5. The predicted molar refractivity (Wildman–Crippen MR) is 83.3 cm³/mol. The van der Waals surface area contributed by atoms with Crippen LogP contribution in [0.4, 0.5) is 0 Å². The van der Waals surface area contributed by atoms with E-state index in [2.05, 4.69) is 4.98 Å². The summed E-state index contributed by atoms with van der Waals surface area (Å²) in [6, 6.07) is 9.87. The average molecular weight is 313 g/mol. The van der Waals surface area contributed by atoms with E-state index in [9.17, 15) is 4.79 Å². The van der Waals surface area contributed by atoms with Crippen LogP contribution in [0.2, 0.25) is 0 Å². The summed E-state index contributed by atoms with van der Waals surface area (Å²) in [6.45, 7) is 1.76. The third-order valence-corrected chi connectivity index (χ3v) is 3.30. The second-order valence-corrected chi connectivity index (χ2v) is 4.82. The summed E-state index contributed by atoms with van der Waals surface area (Å²) in [4.78, 5) is 16.5. The quantitative estimate of drug-likeness (QED) is 0.543. The van der Waals surface area contributed by atoms with Gasteiger partial charge in [0.05, 0.1) is 19.8 Å². The van der Waals surface area contributed by atoms with E-state index < -0.39 is 5.97 Å². The molecule has 0 unspecified atom stereocenters. The Balaban J connectivity index is 1.85. The van der Waals surface area contributed by atoms with Gasteiger partial charge >= 0.3 is 5.97 Å². The van der Waals surface area contributed by atoms with E-state index in [1.807, 2.05) is 0 Å². The molecule has 6 heteroatoms. The van der Waals surface area contributed by atoms with Gasteiger partial charge in [-0.3, -0.25) is 0 Å². The minimum absolute atomic E-state index is 0.360. The molecule has 1 aromatic heterocycles. The van der Waals surface area contributed by atoms with Gasteiger partial charge < -0.3 is 18.6 Å². The Morgan fingerprint density at radius 2 is 1.83 bits per heavy atom. The van der Waals surface area contributed by atoms with Crippen LogP contribution in [0.3, 0.4) is 0 Å². The van der Waals surface area contributed by atoms with E-state index >= 15 is 0 Å². The van der Waals surface area contributed by atoms with E-state index in [-0.39, 0.29) is 0 Å².